The molecule has 0 fully saturated rings. The van der Waals surface area contributed by atoms with Crippen LogP contribution in [0.5, 0.6) is 0 Å². The number of nitrogens with two attached hydrogens (primary N) is 1. The third kappa shape index (κ3) is 3.94. The van der Waals surface area contributed by atoms with Crippen molar-refractivity contribution in [2.24, 2.45) is 5.92 Å². The molecule has 0 aliphatic rings. The number of amides is 1. The van der Waals surface area contributed by atoms with Crippen LogP contribution in [0.2, 0.25) is 0 Å². The highest BCUT2D eigenvalue weighted by molar-refractivity contribution is 5.99. The van der Waals surface area contributed by atoms with Crippen LogP contribution < -0.4 is 11.1 Å². The van der Waals surface area contributed by atoms with Gasteiger partial charge in [0.15, 0.2) is 0 Å². The van der Waals surface area contributed by atoms with Crippen LogP contribution >= 0.6 is 0 Å². The standard InChI is InChI=1S/C13H19N3O3/c1-3-9(4-2)8-15-13(17)11-7-10(14)5-6-12(11)16(18)19/h5-7,9H,3-4,8,14H2,1-2H3,(H,15,17). The molecule has 0 spiro atoms. The monoisotopic (exact) mass is 265 g/mol. The molecule has 6 heteroatoms. The zero-order chi connectivity index (χ0) is 14.4. The van der Waals surface area contributed by atoms with E-state index in [1.165, 1.54) is 18.2 Å². The van der Waals surface area contributed by atoms with Gasteiger partial charge in [0.25, 0.3) is 11.6 Å². The van der Waals surface area contributed by atoms with Crippen molar-refractivity contribution in [1.82, 2.24) is 5.32 Å². The van der Waals surface area contributed by atoms with E-state index in [1.54, 1.807) is 0 Å². The molecule has 0 aliphatic carbocycles. The SMILES string of the molecule is CCC(CC)CNC(=O)c1cc(N)ccc1[N+](=O)[O-]. The number of carbonyl (C=O) groups is 1. The Morgan fingerprint density at radius 1 is 1.42 bits per heavy atom. The largest absolute Gasteiger partial charge is 0.399 e. The van der Waals surface area contributed by atoms with E-state index in [1.807, 2.05) is 13.8 Å². The summed E-state index contributed by atoms with van der Waals surface area (Å²) in [5.41, 5.74) is 5.69. The molecule has 19 heavy (non-hydrogen) atoms. The Hall–Kier alpha value is -2.11. The fourth-order valence-corrected chi connectivity index (χ4v) is 1.80. The van der Waals surface area contributed by atoms with Crippen LogP contribution in [0.15, 0.2) is 18.2 Å². The molecule has 6 nitrogen and oxygen atoms in total. The van der Waals surface area contributed by atoms with E-state index >= 15 is 0 Å². The van der Waals surface area contributed by atoms with E-state index in [-0.39, 0.29) is 11.3 Å². The van der Waals surface area contributed by atoms with Crippen molar-refractivity contribution in [3.8, 4) is 0 Å². The minimum absolute atomic E-state index is 0.0101. The van der Waals surface area contributed by atoms with E-state index in [0.717, 1.165) is 12.8 Å². The van der Waals surface area contributed by atoms with Crippen LogP contribution in [0, 0.1) is 16.0 Å². The number of hydrogen-bond donors (Lipinski definition) is 2. The van der Waals surface area contributed by atoms with Gasteiger partial charge in [-0.15, -0.1) is 0 Å². The number of benzene rings is 1. The quantitative estimate of drug-likeness (QED) is 0.468. The maximum atomic E-state index is 12.0. The lowest BCUT2D eigenvalue weighted by Gasteiger charge is -2.13. The van der Waals surface area contributed by atoms with Crippen molar-refractivity contribution in [3.63, 3.8) is 0 Å². The highest BCUT2D eigenvalue weighted by atomic mass is 16.6. The normalized spacial score (nSPS) is 10.5. The molecule has 0 aliphatic heterocycles. The first kappa shape index (κ1) is 14.9. The Bertz CT molecular complexity index is 470. The summed E-state index contributed by atoms with van der Waals surface area (Å²) in [4.78, 5) is 22.3. The molecule has 1 aromatic carbocycles. The molecule has 3 N–H and O–H groups in total. The molecule has 0 saturated carbocycles. The van der Waals surface area contributed by atoms with Crippen molar-refractivity contribution in [2.45, 2.75) is 26.7 Å². The van der Waals surface area contributed by atoms with Crippen LogP contribution in [-0.4, -0.2) is 17.4 Å². The molecule has 104 valence electrons. The first-order valence-corrected chi connectivity index (χ1v) is 6.31. The summed E-state index contributed by atoms with van der Waals surface area (Å²) in [5, 5.41) is 13.6. The average Bonchev–Trinajstić information content (AvgIpc) is 2.39. The van der Waals surface area contributed by atoms with Gasteiger partial charge in [0.1, 0.15) is 5.56 Å². The van der Waals surface area contributed by atoms with Crippen molar-refractivity contribution in [3.05, 3.63) is 33.9 Å². The van der Waals surface area contributed by atoms with Crippen molar-refractivity contribution < 1.29 is 9.72 Å². The van der Waals surface area contributed by atoms with Crippen LogP contribution in [-0.2, 0) is 0 Å². The molecule has 1 amide bonds. The van der Waals surface area contributed by atoms with E-state index < -0.39 is 10.8 Å². The number of anilines is 1. The number of nitrogen functional groups attached to an aromatic ring is 1. The molecule has 0 unspecified atom stereocenters. The number of carbonyl (C=O) groups excluding carboxylic acids is 1. The molecule has 1 rings (SSSR count). The topological polar surface area (TPSA) is 98.3 Å². The number of nitro groups is 1. The molecular weight excluding hydrogens is 246 g/mol. The third-order valence-corrected chi connectivity index (χ3v) is 3.17. The van der Waals surface area contributed by atoms with Gasteiger partial charge < -0.3 is 11.1 Å². The van der Waals surface area contributed by atoms with Gasteiger partial charge in [-0.2, -0.15) is 0 Å². The second kappa shape index (κ2) is 6.72. The summed E-state index contributed by atoms with van der Waals surface area (Å²) in [6.45, 7) is 4.60. The summed E-state index contributed by atoms with van der Waals surface area (Å²) in [6, 6.07) is 4.00. The van der Waals surface area contributed by atoms with Crippen LogP contribution in [0.3, 0.4) is 0 Å². The van der Waals surface area contributed by atoms with Crippen LogP contribution in [0.1, 0.15) is 37.0 Å². The predicted octanol–water partition coefficient (Wildman–Crippen LogP) is 2.34. The van der Waals surface area contributed by atoms with Gasteiger partial charge in [-0.3, -0.25) is 14.9 Å². The van der Waals surface area contributed by atoms with Crippen molar-refractivity contribution in [2.75, 3.05) is 12.3 Å². The van der Waals surface area contributed by atoms with E-state index in [9.17, 15) is 14.9 Å². The van der Waals surface area contributed by atoms with Crippen molar-refractivity contribution >= 4 is 17.3 Å². The zero-order valence-corrected chi connectivity index (χ0v) is 11.2. The third-order valence-electron chi connectivity index (χ3n) is 3.17. The van der Waals surface area contributed by atoms with Gasteiger partial charge >= 0.3 is 0 Å². The van der Waals surface area contributed by atoms with Crippen LogP contribution in [0.4, 0.5) is 11.4 Å². The smallest absolute Gasteiger partial charge is 0.282 e. The Morgan fingerprint density at radius 2 is 2.05 bits per heavy atom. The lowest BCUT2D eigenvalue weighted by atomic mass is 10.0. The molecule has 0 heterocycles. The number of hydrogen-bond acceptors (Lipinski definition) is 4. The highest BCUT2D eigenvalue weighted by Crippen LogP contribution is 2.21. The zero-order valence-electron chi connectivity index (χ0n) is 11.2. The summed E-state index contributed by atoms with van der Waals surface area (Å²) < 4.78 is 0. The van der Waals surface area contributed by atoms with Gasteiger partial charge in [0.05, 0.1) is 4.92 Å². The maximum Gasteiger partial charge on any atom is 0.282 e. The Kier molecular flexibility index (Phi) is 5.29. The van der Waals surface area contributed by atoms with Crippen molar-refractivity contribution in [1.29, 1.82) is 0 Å². The number of nitrogens with zero attached hydrogens (tertiary/aromatic N) is 1. The van der Waals surface area contributed by atoms with Gasteiger partial charge in [-0.25, -0.2) is 0 Å². The summed E-state index contributed by atoms with van der Waals surface area (Å²) >= 11 is 0. The second-order valence-corrected chi connectivity index (χ2v) is 4.43. The van der Waals surface area contributed by atoms with Gasteiger partial charge in [0, 0.05) is 18.3 Å². The average molecular weight is 265 g/mol. The van der Waals surface area contributed by atoms with Gasteiger partial charge in [0.2, 0.25) is 0 Å². The molecule has 0 radical (unpaired) electrons. The summed E-state index contributed by atoms with van der Waals surface area (Å²) in [7, 11) is 0. The predicted molar refractivity (Wildman–Crippen MR) is 73.9 cm³/mol. The first-order valence-electron chi connectivity index (χ1n) is 6.31. The lowest BCUT2D eigenvalue weighted by molar-refractivity contribution is -0.385. The van der Waals surface area contributed by atoms with E-state index in [0.29, 0.717) is 18.2 Å². The molecule has 0 bridgehead atoms. The summed E-state index contributed by atoms with van der Waals surface area (Å²) in [6.07, 6.45) is 1.91. The fraction of sp³-hybridized carbons (Fsp3) is 0.462. The second-order valence-electron chi connectivity index (χ2n) is 4.43. The maximum absolute atomic E-state index is 12.0. The highest BCUT2D eigenvalue weighted by Gasteiger charge is 2.20. The number of nitrogens with one attached hydrogen (secondary N) is 1. The molecule has 1 aromatic rings. The lowest BCUT2D eigenvalue weighted by Crippen LogP contribution is -2.29. The number of rotatable bonds is 6. The number of nitro benzene ring substituents is 1. The molecule has 0 atom stereocenters. The van der Waals surface area contributed by atoms with Gasteiger partial charge in [-0.05, 0) is 18.1 Å². The molecule has 0 aromatic heterocycles. The minimum Gasteiger partial charge on any atom is -0.399 e. The van der Waals surface area contributed by atoms with Gasteiger partial charge in [-0.1, -0.05) is 26.7 Å². The minimum atomic E-state index is -0.578. The Labute approximate surface area is 112 Å². The first-order chi connectivity index (χ1) is 8.99. The Morgan fingerprint density at radius 3 is 2.58 bits per heavy atom. The molecule has 0 saturated heterocycles. The summed E-state index contributed by atoms with van der Waals surface area (Å²) in [5.74, 6) is -0.0741. The fourth-order valence-electron chi connectivity index (χ4n) is 1.80. The Balaban J connectivity index is 2.87. The molecular formula is C13H19N3O3. The van der Waals surface area contributed by atoms with E-state index in [2.05, 4.69) is 5.32 Å². The van der Waals surface area contributed by atoms with E-state index in [4.69, 9.17) is 5.73 Å². The van der Waals surface area contributed by atoms with Crippen LogP contribution in [0.25, 0.3) is 0 Å².